The molecule has 2 N–H and O–H groups in total. The number of halogens is 2. The predicted octanol–water partition coefficient (Wildman–Crippen LogP) is 3.21. The summed E-state index contributed by atoms with van der Waals surface area (Å²) in [5, 5.41) is 3.59. The van der Waals surface area contributed by atoms with E-state index in [-0.39, 0.29) is 16.3 Å². The zero-order valence-electron chi connectivity index (χ0n) is 12.6. The van der Waals surface area contributed by atoms with Gasteiger partial charge >= 0.3 is 0 Å². The van der Waals surface area contributed by atoms with Gasteiger partial charge in [0.1, 0.15) is 5.82 Å². The lowest BCUT2D eigenvalue weighted by Crippen LogP contribution is -2.41. The van der Waals surface area contributed by atoms with Crippen molar-refractivity contribution < 1.29 is 18.5 Å². The van der Waals surface area contributed by atoms with Gasteiger partial charge in [-0.1, -0.05) is 47.1 Å². The molecule has 126 valence electrons. The number of nitrogens with zero attached hydrogens (tertiary/aromatic N) is 1. The standard InChI is InChI=1S/C17H11ClFN3O3/c18-13-8-11(19)6-7-12(13)16(23)20-21-17(24)14-9-15(25-22-14)10-4-2-1-3-5-10/h1-9H,(H,20,23)(H,21,24). The Hall–Kier alpha value is -3.19. The largest absolute Gasteiger partial charge is 0.355 e. The zero-order chi connectivity index (χ0) is 17.8. The third-order valence-corrected chi connectivity index (χ3v) is 3.58. The summed E-state index contributed by atoms with van der Waals surface area (Å²) in [7, 11) is 0. The second kappa shape index (κ2) is 7.14. The molecular formula is C17H11ClFN3O3. The van der Waals surface area contributed by atoms with E-state index in [1.807, 2.05) is 18.2 Å². The molecule has 0 spiro atoms. The molecule has 1 heterocycles. The lowest BCUT2D eigenvalue weighted by molar-refractivity contribution is 0.0841. The molecule has 2 amide bonds. The molecule has 0 aliphatic carbocycles. The fourth-order valence-electron chi connectivity index (χ4n) is 2.04. The van der Waals surface area contributed by atoms with Gasteiger partial charge < -0.3 is 4.52 Å². The van der Waals surface area contributed by atoms with Crippen LogP contribution in [0.4, 0.5) is 4.39 Å². The average molecular weight is 360 g/mol. The van der Waals surface area contributed by atoms with E-state index >= 15 is 0 Å². The number of hydrogen-bond acceptors (Lipinski definition) is 4. The number of aromatic nitrogens is 1. The predicted molar refractivity (Wildman–Crippen MR) is 88.3 cm³/mol. The maximum atomic E-state index is 13.0. The number of benzene rings is 2. The number of amides is 2. The molecule has 3 aromatic rings. The Morgan fingerprint density at radius 2 is 1.72 bits per heavy atom. The summed E-state index contributed by atoms with van der Waals surface area (Å²) in [5.41, 5.74) is 5.14. The fourth-order valence-corrected chi connectivity index (χ4v) is 2.29. The molecule has 3 rings (SSSR count). The van der Waals surface area contributed by atoms with E-state index < -0.39 is 17.6 Å². The van der Waals surface area contributed by atoms with Crippen LogP contribution in [-0.4, -0.2) is 17.0 Å². The van der Waals surface area contributed by atoms with Crippen molar-refractivity contribution >= 4 is 23.4 Å². The number of carbonyl (C=O) groups excluding carboxylic acids is 2. The molecule has 25 heavy (non-hydrogen) atoms. The zero-order valence-corrected chi connectivity index (χ0v) is 13.4. The summed E-state index contributed by atoms with van der Waals surface area (Å²) in [4.78, 5) is 24.0. The molecule has 0 bridgehead atoms. The molecule has 0 saturated heterocycles. The number of hydrogen-bond donors (Lipinski definition) is 2. The minimum Gasteiger partial charge on any atom is -0.355 e. The van der Waals surface area contributed by atoms with E-state index in [0.717, 1.165) is 17.7 Å². The van der Waals surface area contributed by atoms with Crippen molar-refractivity contribution in [2.45, 2.75) is 0 Å². The van der Waals surface area contributed by atoms with Gasteiger partial charge in [0.25, 0.3) is 11.8 Å². The van der Waals surface area contributed by atoms with Crippen LogP contribution in [0.15, 0.2) is 59.1 Å². The summed E-state index contributed by atoms with van der Waals surface area (Å²) in [5.74, 6) is -1.51. The van der Waals surface area contributed by atoms with Crippen LogP contribution >= 0.6 is 11.6 Å². The van der Waals surface area contributed by atoms with E-state index in [1.165, 1.54) is 12.1 Å². The summed E-state index contributed by atoms with van der Waals surface area (Å²) in [6, 6.07) is 13.9. The average Bonchev–Trinajstić information content (AvgIpc) is 3.10. The van der Waals surface area contributed by atoms with Crippen LogP contribution in [-0.2, 0) is 0 Å². The van der Waals surface area contributed by atoms with Gasteiger partial charge in [0.2, 0.25) is 0 Å². The highest BCUT2D eigenvalue weighted by Gasteiger charge is 2.16. The second-order valence-corrected chi connectivity index (χ2v) is 5.38. The van der Waals surface area contributed by atoms with Crippen molar-refractivity contribution in [2.75, 3.05) is 0 Å². The molecule has 0 aliphatic rings. The molecule has 0 aliphatic heterocycles. The first-order chi connectivity index (χ1) is 12.0. The number of rotatable bonds is 3. The number of hydrazine groups is 1. The third-order valence-electron chi connectivity index (χ3n) is 3.27. The Balaban J connectivity index is 1.65. The number of nitrogens with one attached hydrogen (secondary N) is 2. The molecule has 2 aromatic carbocycles. The second-order valence-electron chi connectivity index (χ2n) is 4.97. The molecule has 0 fully saturated rings. The van der Waals surface area contributed by atoms with Gasteiger partial charge in [0.05, 0.1) is 10.6 Å². The lowest BCUT2D eigenvalue weighted by Gasteiger charge is -2.07. The lowest BCUT2D eigenvalue weighted by atomic mass is 10.1. The maximum absolute atomic E-state index is 13.0. The minimum absolute atomic E-state index is 0.00986. The van der Waals surface area contributed by atoms with Gasteiger partial charge in [-0.05, 0) is 18.2 Å². The van der Waals surface area contributed by atoms with E-state index in [2.05, 4.69) is 16.0 Å². The summed E-state index contributed by atoms with van der Waals surface area (Å²) >= 11 is 5.79. The van der Waals surface area contributed by atoms with Gasteiger partial charge in [-0.2, -0.15) is 0 Å². The maximum Gasteiger partial charge on any atom is 0.291 e. The van der Waals surface area contributed by atoms with Crippen molar-refractivity contribution in [3.63, 3.8) is 0 Å². The Bertz CT molecular complexity index is 928. The first-order valence-corrected chi connectivity index (χ1v) is 7.50. The molecule has 6 nitrogen and oxygen atoms in total. The molecule has 0 unspecified atom stereocenters. The molecule has 0 saturated carbocycles. The minimum atomic E-state index is -0.690. The smallest absolute Gasteiger partial charge is 0.291 e. The SMILES string of the molecule is O=C(NNC(=O)c1ccc(F)cc1Cl)c1cc(-c2ccccc2)on1. The third kappa shape index (κ3) is 3.84. The topological polar surface area (TPSA) is 84.2 Å². The van der Waals surface area contributed by atoms with Gasteiger partial charge in [-0.3, -0.25) is 20.4 Å². The Kier molecular flexibility index (Phi) is 4.76. The van der Waals surface area contributed by atoms with E-state index in [0.29, 0.717) is 5.76 Å². The molecule has 0 radical (unpaired) electrons. The van der Waals surface area contributed by atoms with Crippen molar-refractivity contribution in [3.05, 3.63) is 76.7 Å². The Morgan fingerprint density at radius 1 is 1.00 bits per heavy atom. The van der Waals surface area contributed by atoms with Crippen molar-refractivity contribution in [1.29, 1.82) is 0 Å². The van der Waals surface area contributed by atoms with Crippen LogP contribution in [0.2, 0.25) is 5.02 Å². The van der Waals surface area contributed by atoms with Crippen LogP contribution in [0.25, 0.3) is 11.3 Å². The normalized spacial score (nSPS) is 10.3. The number of carbonyl (C=O) groups is 2. The van der Waals surface area contributed by atoms with E-state index in [1.54, 1.807) is 12.1 Å². The quantitative estimate of drug-likeness (QED) is 0.703. The highest BCUT2D eigenvalue weighted by atomic mass is 35.5. The van der Waals surface area contributed by atoms with Crippen LogP contribution in [0.5, 0.6) is 0 Å². The molecule has 8 heteroatoms. The molecular weight excluding hydrogens is 349 g/mol. The molecule has 0 atom stereocenters. The van der Waals surface area contributed by atoms with Gasteiger partial charge in [0.15, 0.2) is 11.5 Å². The summed E-state index contributed by atoms with van der Waals surface area (Å²) < 4.78 is 18.1. The van der Waals surface area contributed by atoms with Gasteiger partial charge in [0, 0.05) is 11.6 Å². The Morgan fingerprint density at radius 3 is 2.44 bits per heavy atom. The summed E-state index contributed by atoms with van der Waals surface area (Å²) in [6.45, 7) is 0. The monoisotopic (exact) mass is 359 g/mol. The van der Waals surface area contributed by atoms with Gasteiger partial charge in [-0.25, -0.2) is 4.39 Å². The van der Waals surface area contributed by atoms with Gasteiger partial charge in [-0.15, -0.1) is 0 Å². The van der Waals surface area contributed by atoms with Crippen LogP contribution in [0.1, 0.15) is 20.8 Å². The fraction of sp³-hybridized carbons (Fsp3) is 0. The molecule has 1 aromatic heterocycles. The highest BCUT2D eigenvalue weighted by molar-refractivity contribution is 6.33. The van der Waals surface area contributed by atoms with Crippen molar-refractivity contribution in [2.24, 2.45) is 0 Å². The van der Waals surface area contributed by atoms with Crippen LogP contribution in [0.3, 0.4) is 0 Å². The Labute approximate surface area is 146 Å². The highest BCUT2D eigenvalue weighted by Crippen LogP contribution is 2.19. The first-order valence-electron chi connectivity index (χ1n) is 7.12. The summed E-state index contributed by atoms with van der Waals surface area (Å²) in [6.07, 6.45) is 0. The van der Waals surface area contributed by atoms with E-state index in [9.17, 15) is 14.0 Å². The van der Waals surface area contributed by atoms with Crippen molar-refractivity contribution in [3.8, 4) is 11.3 Å². The van der Waals surface area contributed by atoms with Crippen LogP contribution in [0, 0.1) is 5.82 Å². The first kappa shape index (κ1) is 16.7. The van der Waals surface area contributed by atoms with Crippen molar-refractivity contribution in [1.82, 2.24) is 16.0 Å². The van der Waals surface area contributed by atoms with E-state index in [4.69, 9.17) is 16.1 Å². The van der Waals surface area contributed by atoms with Crippen LogP contribution < -0.4 is 10.9 Å².